The molecule has 1 unspecified atom stereocenters. The second kappa shape index (κ2) is 22.8. The van der Waals surface area contributed by atoms with E-state index < -0.39 is 7.12 Å². The number of benzene rings is 3. The number of hydrogen-bond donors (Lipinski definition) is 1. The summed E-state index contributed by atoms with van der Waals surface area (Å²) in [5.74, 6) is 4.71. The molecule has 4 rings (SSSR count). The summed E-state index contributed by atoms with van der Waals surface area (Å²) >= 11 is 3.77. The van der Waals surface area contributed by atoms with Crippen LogP contribution < -0.4 is 19.7 Å². The highest BCUT2D eigenvalue weighted by atomic mass is 32.2. The van der Waals surface area contributed by atoms with Crippen LogP contribution in [0.5, 0.6) is 17.2 Å². The summed E-state index contributed by atoms with van der Waals surface area (Å²) < 4.78 is 22.9. The Balaban J connectivity index is 0.000000287. The Morgan fingerprint density at radius 2 is 1.24 bits per heavy atom. The number of ether oxygens (including phenoxy) is 3. The second-order valence-corrected chi connectivity index (χ2v) is 16.4. The molecule has 0 aliphatic rings. The van der Waals surface area contributed by atoms with Gasteiger partial charge in [-0.3, -0.25) is 0 Å². The maximum absolute atomic E-state index is 10.2. The highest BCUT2D eigenvalue weighted by molar-refractivity contribution is 7.98. The SMILES string of the molecule is CC(OB(O)c1ccc(OCCCN(C)C)cc1)C(C)(C)C.CN(C)CCCOc1ccc(-c2ccc(CSCCOc3ccccc3)s2)cc1. The zero-order valence-electron chi connectivity index (χ0n) is 32.0. The molecule has 4 aromatic rings. The van der Waals surface area contributed by atoms with E-state index in [1.165, 1.54) is 15.3 Å². The lowest BCUT2D eigenvalue weighted by Crippen LogP contribution is -2.40. The van der Waals surface area contributed by atoms with Gasteiger partial charge in [-0.15, -0.1) is 11.3 Å². The lowest BCUT2D eigenvalue weighted by molar-refractivity contribution is 0.0859. The Morgan fingerprint density at radius 3 is 1.78 bits per heavy atom. The van der Waals surface area contributed by atoms with Crippen LogP contribution >= 0.6 is 23.1 Å². The minimum absolute atomic E-state index is 0.00350. The van der Waals surface area contributed by atoms with Crippen molar-refractivity contribution in [3.05, 3.63) is 95.9 Å². The minimum atomic E-state index is -0.906. The van der Waals surface area contributed by atoms with Gasteiger partial charge in [-0.2, -0.15) is 11.8 Å². The minimum Gasteiger partial charge on any atom is -0.494 e. The molecule has 0 aliphatic heterocycles. The van der Waals surface area contributed by atoms with Crippen molar-refractivity contribution in [3.8, 4) is 27.7 Å². The first kappa shape index (κ1) is 42.4. The molecule has 1 atom stereocenters. The van der Waals surface area contributed by atoms with E-state index in [9.17, 15) is 5.02 Å². The molecule has 0 bridgehead atoms. The standard InChI is InChI=1S/C24H29NO2S2.C17H30BNO3/c1-25(2)15-6-16-26-22-11-9-20(10-12-22)24-14-13-23(29-24)19-28-18-17-27-21-7-4-3-5-8-21;1-14(17(2,3)4)22-18(20)15-8-10-16(11-9-15)21-13-7-12-19(5)6/h3-5,7-14H,6,15-19H2,1-2H3;8-11,14,20H,7,12-13H2,1-6H3. The average molecular weight is 735 g/mol. The van der Waals surface area contributed by atoms with Crippen LogP contribution in [-0.2, 0) is 10.4 Å². The molecular weight excluding hydrogens is 675 g/mol. The van der Waals surface area contributed by atoms with Crippen molar-refractivity contribution in [1.29, 1.82) is 0 Å². The van der Waals surface area contributed by atoms with Crippen molar-refractivity contribution in [3.63, 3.8) is 0 Å². The van der Waals surface area contributed by atoms with Gasteiger partial charge in [-0.1, -0.05) is 51.1 Å². The third-order valence-corrected chi connectivity index (χ3v) is 10.3. The molecule has 10 heteroatoms. The second-order valence-electron chi connectivity index (χ2n) is 14.1. The number of thioether (sulfide) groups is 1. The first-order chi connectivity index (χ1) is 24.4. The van der Waals surface area contributed by atoms with Crippen molar-refractivity contribution in [2.75, 3.05) is 66.9 Å². The summed E-state index contributed by atoms with van der Waals surface area (Å²) in [7, 11) is 7.36. The third-order valence-electron chi connectivity index (χ3n) is 8.04. The number of nitrogens with zero attached hydrogens (tertiary/aromatic N) is 2. The van der Waals surface area contributed by atoms with Crippen molar-refractivity contribution < 1.29 is 23.9 Å². The fraction of sp³-hybridized carbons (Fsp3) is 0.463. The van der Waals surface area contributed by atoms with Gasteiger partial charge in [0.1, 0.15) is 17.2 Å². The Bertz CT molecular complexity index is 1480. The van der Waals surface area contributed by atoms with Gasteiger partial charge >= 0.3 is 7.12 Å². The Labute approximate surface area is 316 Å². The molecule has 0 aliphatic carbocycles. The van der Waals surface area contributed by atoms with Gasteiger partial charge in [0.15, 0.2) is 0 Å². The first-order valence-electron chi connectivity index (χ1n) is 17.8. The predicted molar refractivity (Wildman–Crippen MR) is 219 cm³/mol. The predicted octanol–water partition coefficient (Wildman–Crippen LogP) is 8.21. The maximum Gasteiger partial charge on any atom is 0.491 e. The lowest BCUT2D eigenvalue weighted by Gasteiger charge is -2.28. The molecule has 0 saturated heterocycles. The van der Waals surface area contributed by atoms with Crippen molar-refractivity contribution in [1.82, 2.24) is 9.80 Å². The highest BCUT2D eigenvalue weighted by Gasteiger charge is 2.27. The molecule has 1 N–H and O–H groups in total. The van der Waals surface area contributed by atoms with Crippen molar-refractivity contribution >= 4 is 35.7 Å². The van der Waals surface area contributed by atoms with Gasteiger partial charge in [0.05, 0.1) is 19.8 Å². The fourth-order valence-electron chi connectivity index (χ4n) is 4.58. The van der Waals surface area contributed by atoms with Crippen LogP contribution in [0.3, 0.4) is 0 Å². The molecule has 1 aromatic heterocycles. The van der Waals surface area contributed by atoms with E-state index in [0.717, 1.165) is 73.4 Å². The lowest BCUT2D eigenvalue weighted by atomic mass is 9.78. The van der Waals surface area contributed by atoms with Crippen molar-refractivity contribution in [2.24, 2.45) is 5.41 Å². The van der Waals surface area contributed by atoms with E-state index >= 15 is 0 Å². The third kappa shape index (κ3) is 17.4. The normalized spacial score (nSPS) is 12.0. The number of rotatable bonds is 20. The van der Waals surface area contributed by atoms with E-state index in [2.05, 4.69) is 95.2 Å². The van der Waals surface area contributed by atoms with E-state index in [4.69, 9.17) is 18.9 Å². The van der Waals surface area contributed by atoms with Gasteiger partial charge in [-0.25, -0.2) is 0 Å². The van der Waals surface area contributed by atoms with E-state index in [1.807, 2.05) is 84.6 Å². The smallest absolute Gasteiger partial charge is 0.491 e. The Hall–Kier alpha value is -2.99. The van der Waals surface area contributed by atoms with E-state index in [0.29, 0.717) is 6.61 Å². The number of hydrogen-bond acceptors (Lipinski definition) is 9. The number of para-hydroxylation sites is 1. The highest BCUT2D eigenvalue weighted by Crippen LogP contribution is 2.31. The van der Waals surface area contributed by atoms with Crippen LogP contribution in [0.25, 0.3) is 10.4 Å². The van der Waals surface area contributed by atoms with Crippen LogP contribution in [0.15, 0.2) is 91.0 Å². The quantitative estimate of drug-likeness (QED) is 0.0721. The average Bonchev–Trinajstić information content (AvgIpc) is 3.58. The monoisotopic (exact) mass is 734 g/mol. The van der Waals surface area contributed by atoms with Gasteiger partial charge in [0.25, 0.3) is 0 Å². The van der Waals surface area contributed by atoms with Crippen LogP contribution in [0.2, 0.25) is 0 Å². The number of thiophene rings is 1. The zero-order chi connectivity index (χ0) is 37.1. The maximum atomic E-state index is 10.2. The largest absolute Gasteiger partial charge is 0.494 e. The van der Waals surface area contributed by atoms with Crippen LogP contribution in [0, 0.1) is 5.41 Å². The van der Waals surface area contributed by atoms with Gasteiger partial charge < -0.3 is 33.7 Å². The Morgan fingerprint density at radius 1 is 0.706 bits per heavy atom. The molecule has 0 spiro atoms. The van der Waals surface area contributed by atoms with Gasteiger partial charge in [0, 0.05) is 40.5 Å². The first-order valence-corrected chi connectivity index (χ1v) is 19.8. The molecule has 1 heterocycles. The van der Waals surface area contributed by atoms with Crippen molar-refractivity contribution in [2.45, 2.75) is 52.4 Å². The van der Waals surface area contributed by atoms with E-state index in [1.54, 1.807) is 0 Å². The fourth-order valence-corrected chi connectivity index (χ4v) is 6.52. The summed E-state index contributed by atoms with van der Waals surface area (Å²) in [5.41, 5.74) is 1.99. The molecule has 0 amide bonds. The zero-order valence-corrected chi connectivity index (χ0v) is 33.6. The summed E-state index contributed by atoms with van der Waals surface area (Å²) in [6.45, 7) is 12.5. The van der Waals surface area contributed by atoms with Crippen LogP contribution in [0.1, 0.15) is 45.4 Å². The van der Waals surface area contributed by atoms with Gasteiger partial charge in [0.2, 0.25) is 0 Å². The van der Waals surface area contributed by atoms with E-state index in [-0.39, 0.29) is 11.5 Å². The molecule has 3 aromatic carbocycles. The van der Waals surface area contributed by atoms with Crippen LogP contribution in [-0.4, -0.2) is 94.9 Å². The molecule has 0 saturated carbocycles. The summed E-state index contributed by atoms with van der Waals surface area (Å²) in [5, 5.41) is 10.2. The summed E-state index contributed by atoms with van der Waals surface area (Å²) in [4.78, 5) is 7.01. The molecule has 278 valence electrons. The summed E-state index contributed by atoms with van der Waals surface area (Å²) in [6, 6.07) is 30.3. The molecular formula is C41H59BN2O5S2. The molecule has 51 heavy (non-hydrogen) atoms. The molecule has 0 radical (unpaired) electrons. The topological polar surface area (TPSA) is 63.6 Å². The summed E-state index contributed by atoms with van der Waals surface area (Å²) in [6.07, 6.45) is 1.99. The Kier molecular flexibility index (Phi) is 19.0. The molecule has 7 nitrogen and oxygen atoms in total. The van der Waals surface area contributed by atoms with Gasteiger partial charge in [-0.05, 0) is 125 Å². The molecule has 0 fully saturated rings. The van der Waals surface area contributed by atoms with Crippen LogP contribution in [0.4, 0.5) is 0 Å².